The molecule has 0 N–H and O–H groups in total. The van der Waals surface area contributed by atoms with Gasteiger partial charge in [0.05, 0.1) is 0 Å². The fourth-order valence-electron chi connectivity index (χ4n) is 3.59. The largest absolute Gasteiger partial charge is 2.00 e. The van der Waals surface area contributed by atoms with Crippen molar-refractivity contribution in [2.75, 3.05) is 0 Å². The molecule has 0 unspecified atom stereocenters. The van der Waals surface area contributed by atoms with E-state index in [9.17, 15) is 0 Å². The molecule has 0 aromatic heterocycles. The Bertz CT molecular complexity index is 582. The predicted octanol–water partition coefficient (Wildman–Crippen LogP) is 7.60. The van der Waals surface area contributed by atoms with Gasteiger partial charge in [0.25, 0.3) is 0 Å². The van der Waals surface area contributed by atoms with Gasteiger partial charge in [-0.05, 0) is 16.1 Å². The van der Waals surface area contributed by atoms with Crippen LogP contribution >= 0.6 is 0 Å². The summed E-state index contributed by atoms with van der Waals surface area (Å²) in [7, 11) is -4.40. The molecule has 2 rings (SSSR count). The van der Waals surface area contributed by atoms with Crippen molar-refractivity contribution in [3.05, 3.63) is 45.1 Å². The molecule has 0 atom stereocenters. The van der Waals surface area contributed by atoms with Crippen LogP contribution in [0.2, 0.25) is 78.6 Å². The minimum atomic E-state index is -1.13. The van der Waals surface area contributed by atoms with Crippen LogP contribution in [0.3, 0.4) is 0 Å². The SMILES string of the molecule is C[Si](C)(C)C1=C([Si](C)(C)C)CC=[C-]1.C[Si](C)(C)C1=C([Si](C)(C)C)CC=[C-]1.[V+2]. The van der Waals surface area contributed by atoms with E-state index in [-0.39, 0.29) is 18.6 Å². The van der Waals surface area contributed by atoms with Gasteiger partial charge >= 0.3 is 18.6 Å². The average molecular weight is 470 g/mol. The Hall–Kier alpha value is 0.412. The van der Waals surface area contributed by atoms with E-state index in [1.165, 1.54) is 12.8 Å². The van der Waals surface area contributed by atoms with Crippen molar-refractivity contribution < 1.29 is 18.6 Å². The molecule has 2 aliphatic carbocycles. The van der Waals surface area contributed by atoms with E-state index in [0.29, 0.717) is 0 Å². The maximum absolute atomic E-state index is 3.50. The van der Waals surface area contributed by atoms with Gasteiger partial charge in [0.2, 0.25) is 0 Å². The molecule has 1 radical (unpaired) electrons. The molecule has 27 heavy (non-hydrogen) atoms. The molecule has 2 aliphatic rings. The Morgan fingerprint density at radius 2 is 0.778 bits per heavy atom. The van der Waals surface area contributed by atoms with Crippen LogP contribution in [0.5, 0.6) is 0 Å². The van der Waals surface area contributed by atoms with Gasteiger partial charge in [0.15, 0.2) is 0 Å². The van der Waals surface area contributed by atoms with Crippen LogP contribution in [0.1, 0.15) is 12.8 Å². The second kappa shape index (κ2) is 9.48. The molecule has 151 valence electrons. The zero-order chi connectivity index (χ0) is 20.6. The molecule has 0 bridgehead atoms. The van der Waals surface area contributed by atoms with Crippen molar-refractivity contribution in [1.82, 2.24) is 0 Å². The van der Waals surface area contributed by atoms with Crippen LogP contribution in [-0.4, -0.2) is 32.3 Å². The summed E-state index contributed by atoms with van der Waals surface area (Å²) in [6.45, 7) is 29.2. The van der Waals surface area contributed by atoms with Crippen molar-refractivity contribution in [1.29, 1.82) is 0 Å². The van der Waals surface area contributed by atoms with Crippen LogP contribution in [0.4, 0.5) is 0 Å². The summed E-state index contributed by atoms with van der Waals surface area (Å²) in [6, 6.07) is 0. The third-order valence-electron chi connectivity index (χ3n) is 5.02. The van der Waals surface area contributed by atoms with Gasteiger partial charge in [-0.3, -0.25) is 12.2 Å². The second-order valence-electron chi connectivity index (χ2n) is 11.8. The van der Waals surface area contributed by atoms with E-state index in [1.54, 1.807) is 20.8 Å². The van der Waals surface area contributed by atoms with Gasteiger partial charge in [-0.2, -0.15) is 12.2 Å². The molecule has 5 heteroatoms. The number of allylic oxidation sites excluding steroid dienone is 8. The molecule has 0 heterocycles. The summed E-state index contributed by atoms with van der Waals surface area (Å²) in [5, 5.41) is 6.75. The molecule has 0 nitrogen and oxygen atoms in total. The molecular formula is C22H42Si4V. The third-order valence-corrected chi connectivity index (χ3v) is 13.9. The molecule has 0 saturated heterocycles. The van der Waals surface area contributed by atoms with E-state index < -0.39 is 32.3 Å². The zero-order valence-corrected chi connectivity index (χ0v) is 25.4. The summed E-state index contributed by atoms with van der Waals surface area (Å²) >= 11 is 0. The summed E-state index contributed by atoms with van der Waals surface area (Å²) < 4.78 is 0. The topological polar surface area (TPSA) is 0 Å². The van der Waals surface area contributed by atoms with E-state index in [4.69, 9.17) is 0 Å². The van der Waals surface area contributed by atoms with Crippen molar-refractivity contribution in [3.8, 4) is 0 Å². The monoisotopic (exact) mass is 469 g/mol. The third kappa shape index (κ3) is 7.98. The molecular weight excluding hydrogens is 428 g/mol. The predicted molar refractivity (Wildman–Crippen MR) is 132 cm³/mol. The Balaban J connectivity index is 0.000000483. The van der Waals surface area contributed by atoms with Gasteiger partial charge in [-0.25, -0.2) is 20.8 Å². The first-order valence-corrected chi connectivity index (χ1v) is 24.1. The van der Waals surface area contributed by atoms with E-state index >= 15 is 0 Å². The van der Waals surface area contributed by atoms with Gasteiger partial charge in [-0.1, -0.05) is 91.4 Å². The van der Waals surface area contributed by atoms with Crippen LogP contribution in [0.15, 0.2) is 32.9 Å². The number of hydrogen-bond donors (Lipinski definition) is 0. The molecule has 0 saturated carbocycles. The molecule has 0 spiro atoms. The van der Waals surface area contributed by atoms with Crippen LogP contribution in [-0.2, 0) is 18.6 Å². The number of rotatable bonds is 4. The first kappa shape index (κ1) is 27.4. The number of hydrogen-bond acceptors (Lipinski definition) is 0. The fourth-order valence-corrected chi connectivity index (χ4v) is 14.2. The zero-order valence-electron chi connectivity index (χ0n) is 20.0. The standard InChI is InChI=1S/2C11H21Si2.V/c2*1-12(2,3)10-8-7-9-11(10)13(4,5)6;/h2*7H,8H2,1-6H3;/q2*-1;+2. The Morgan fingerprint density at radius 1 is 0.519 bits per heavy atom. The van der Waals surface area contributed by atoms with Gasteiger partial charge in [-0.15, -0.1) is 0 Å². The van der Waals surface area contributed by atoms with Crippen molar-refractivity contribution in [3.63, 3.8) is 0 Å². The van der Waals surface area contributed by atoms with E-state index in [1.807, 2.05) is 0 Å². The first-order chi connectivity index (χ1) is 11.5. The van der Waals surface area contributed by atoms with Gasteiger partial charge < -0.3 is 0 Å². The molecule has 0 fully saturated rings. The minimum Gasteiger partial charge on any atom is -0.257 e. The Morgan fingerprint density at radius 3 is 0.926 bits per heavy atom. The molecule has 0 aliphatic heterocycles. The average Bonchev–Trinajstić information content (AvgIpc) is 3.06. The fraction of sp³-hybridized carbons (Fsp3) is 0.636. The Kier molecular flexibility index (Phi) is 9.63. The smallest absolute Gasteiger partial charge is 0.257 e. The summed E-state index contributed by atoms with van der Waals surface area (Å²) in [5.41, 5.74) is 0. The summed E-state index contributed by atoms with van der Waals surface area (Å²) in [6.07, 6.45) is 13.9. The summed E-state index contributed by atoms with van der Waals surface area (Å²) in [4.78, 5) is 0. The van der Waals surface area contributed by atoms with Crippen LogP contribution in [0.25, 0.3) is 0 Å². The second-order valence-corrected chi connectivity index (χ2v) is 32.0. The minimum absolute atomic E-state index is 0. The maximum Gasteiger partial charge on any atom is 2.00 e. The van der Waals surface area contributed by atoms with Gasteiger partial charge in [0, 0.05) is 16.1 Å². The van der Waals surface area contributed by atoms with Crippen LogP contribution in [0, 0.1) is 12.2 Å². The molecule has 0 aromatic carbocycles. The summed E-state index contributed by atoms with van der Waals surface area (Å²) in [5.74, 6) is 0. The normalized spacial score (nSPS) is 17.9. The van der Waals surface area contributed by atoms with E-state index in [0.717, 1.165) is 0 Å². The quantitative estimate of drug-likeness (QED) is 0.294. The van der Waals surface area contributed by atoms with E-state index in [2.05, 4.69) is 103 Å². The molecule has 0 amide bonds. The van der Waals surface area contributed by atoms with Gasteiger partial charge in [0.1, 0.15) is 0 Å². The molecule has 0 aromatic rings. The van der Waals surface area contributed by atoms with Crippen molar-refractivity contribution in [2.24, 2.45) is 0 Å². The maximum atomic E-state index is 3.50. The Labute approximate surface area is 186 Å². The van der Waals surface area contributed by atoms with Crippen molar-refractivity contribution >= 4 is 32.3 Å². The first-order valence-electron chi connectivity index (χ1n) is 10.1. The van der Waals surface area contributed by atoms with Crippen molar-refractivity contribution in [2.45, 2.75) is 91.4 Å². The van der Waals surface area contributed by atoms with Crippen LogP contribution < -0.4 is 0 Å².